The van der Waals surface area contributed by atoms with Crippen LogP contribution in [-0.2, 0) is 0 Å². The van der Waals surface area contributed by atoms with E-state index in [1.54, 1.807) is 0 Å². The van der Waals surface area contributed by atoms with Crippen molar-refractivity contribution in [3.8, 4) is 5.75 Å². The number of carbonyl (C=O) groups is 2. The molecule has 0 atom stereocenters. The van der Waals surface area contributed by atoms with Gasteiger partial charge in [-0.15, -0.1) is 0 Å². The van der Waals surface area contributed by atoms with Crippen molar-refractivity contribution in [3.05, 3.63) is 29.1 Å². The summed E-state index contributed by atoms with van der Waals surface area (Å²) in [6, 6.07) is 1.20. The van der Waals surface area contributed by atoms with Crippen LogP contribution in [0.15, 0.2) is 12.1 Å². The maximum Gasteiger partial charge on any atom is 0.387 e. The Morgan fingerprint density at radius 2 is 2.06 bits per heavy atom. The SMILES string of the molecule is O=Cc1cc(OC(F)F)cc(F)c1C(=O)O. The molecule has 0 spiro atoms. The molecule has 0 aromatic heterocycles. The third-order valence-electron chi connectivity index (χ3n) is 1.66. The number of rotatable bonds is 4. The van der Waals surface area contributed by atoms with Crippen LogP contribution in [0.1, 0.15) is 20.7 Å². The fraction of sp³-hybridized carbons (Fsp3) is 0.111. The number of carbonyl (C=O) groups excluding carboxylic acids is 1. The summed E-state index contributed by atoms with van der Waals surface area (Å²) in [6.45, 7) is -3.19. The van der Waals surface area contributed by atoms with Gasteiger partial charge in [-0.05, 0) is 6.07 Å². The number of ether oxygens (including phenoxy) is 1. The Morgan fingerprint density at radius 1 is 1.44 bits per heavy atom. The van der Waals surface area contributed by atoms with E-state index in [0.29, 0.717) is 6.07 Å². The minimum absolute atomic E-state index is 0.0465. The minimum Gasteiger partial charge on any atom is -0.478 e. The highest BCUT2D eigenvalue weighted by molar-refractivity contribution is 5.97. The summed E-state index contributed by atoms with van der Waals surface area (Å²) in [5.41, 5.74) is -1.44. The molecular formula is C9H5F3O4. The fourth-order valence-corrected chi connectivity index (χ4v) is 1.09. The number of carboxylic acids is 1. The standard InChI is InChI=1S/C9H5F3O4/c10-6-2-5(16-9(11)12)1-4(3-13)7(6)8(14)15/h1-3,9H,(H,14,15). The Bertz CT molecular complexity index is 431. The zero-order valence-electron chi connectivity index (χ0n) is 7.62. The Kier molecular flexibility index (Phi) is 3.49. The van der Waals surface area contributed by atoms with E-state index < -0.39 is 35.3 Å². The van der Waals surface area contributed by atoms with Gasteiger partial charge in [-0.3, -0.25) is 4.79 Å². The van der Waals surface area contributed by atoms with Gasteiger partial charge in [0.1, 0.15) is 17.1 Å². The maximum atomic E-state index is 13.1. The predicted octanol–water partition coefficient (Wildman–Crippen LogP) is 1.94. The summed E-state index contributed by atoms with van der Waals surface area (Å²) >= 11 is 0. The van der Waals surface area contributed by atoms with Crippen LogP contribution < -0.4 is 4.74 Å². The molecule has 1 aromatic rings. The van der Waals surface area contributed by atoms with E-state index in [9.17, 15) is 22.8 Å². The molecule has 86 valence electrons. The largest absolute Gasteiger partial charge is 0.478 e. The lowest BCUT2D eigenvalue weighted by atomic mass is 10.1. The Hall–Kier alpha value is -2.05. The summed E-state index contributed by atoms with van der Waals surface area (Å²) in [7, 11) is 0. The molecule has 1 N–H and O–H groups in total. The van der Waals surface area contributed by atoms with Crippen LogP contribution in [0.2, 0.25) is 0 Å². The quantitative estimate of drug-likeness (QED) is 0.808. The lowest BCUT2D eigenvalue weighted by Crippen LogP contribution is -2.08. The number of benzene rings is 1. The van der Waals surface area contributed by atoms with Gasteiger partial charge in [-0.25, -0.2) is 9.18 Å². The van der Waals surface area contributed by atoms with Crippen molar-refractivity contribution >= 4 is 12.3 Å². The minimum atomic E-state index is -3.19. The highest BCUT2D eigenvalue weighted by Gasteiger charge is 2.18. The summed E-state index contributed by atoms with van der Waals surface area (Å²) in [5.74, 6) is -3.59. The van der Waals surface area contributed by atoms with Gasteiger partial charge < -0.3 is 9.84 Å². The number of alkyl halides is 2. The summed E-state index contributed by atoms with van der Waals surface area (Å²) in [6.07, 6.45) is 0.0465. The van der Waals surface area contributed by atoms with Crippen molar-refractivity contribution in [2.24, 2.45) is 0 Å². The van der Waals surface area contributed by atoms with E-state index in [1.165, 1.54) is 0 Å². The van der Waals surface area contributed by atoms with Crippen LogP contribution in [-0.4, -0.2) is 24.0 Å². The highest BCUT2D eigenvalue weighted by atomic mass is 19.3. The number of aldehydes is 1. The second-order valence-corrected chi connectivity index (χ2v) is 2.67. The van der Waals surface area contributed by atoms with Crippen LogP contribution in [0.25, 0.3) is 0 Å². The van der Waals surface area contributed by atoms with Gasteiger partial charge in [0.25, 0.3) is 0 Å². The lowest BCUT2D eigenvalue weighted by molar-refractivity contribution is -0.0500. The summed E-state index contributed by atoms with van der Waals surface area (Å²) in [5, 5.41) is 8.56. The third-order valence-corrected chi connectivity index (χ3v) is 1.66. The second kappa shape index (κ2) is 4.65. The molecule has 0 aliphatic heterocycles. The molecule has 0 fully saturated rings. The number of aromatic carboxylic acids is 1. The van der Waals surface area contributed by atoms with Crippen LogP contribution in [0, 0.1) is 5.82 Å². The smallest absolute Gasteiger partial charge is 0.387 e. The van der Waals surface area contributed by atoms with Gasteiger partial charge in [-0.1, -0.05) is 0 Å². The van der Waals surface area contributed by atoms with Crippen LogP contribution in [0.3, 0.4) is 0 Å². The van der Waals surface area contributed by atoms with Gasteiger partial charge in [0.05, 0.1) is 0 Å². The molecule has 0 radical (unpaired) electrons. The average molecular weight is 234 g/mol. The van der Waals surface area contributed by atoms with E-state index in [-0.39, 0.29) is 6.29 Å². The van der Waals surface area contributed by atoms with E-state index in [4.69, 9.17) is 5.11 Å². The molecule has 0 heterocycles. The molecule has 16 heavy (non-hydrogen) atoms. The van der Waals surface area contributed by atoms with Gasteiger partial charge >= 0.3 is 12.6 Å². The van der Waals surface area contributed by atoms with Crippen molar-refractivity contribution in [2.75, 3.05) is 0 Å². The molecular weight excluding hydrogens is 229 g/mol. The second-order valence-electron chi connectivity index (χ2n) is 2.67. The topological polar surface area (TPSA) is 63.6 Å². The molecule has 0 saturated carbocycles. The molecule has 0 unspecified atom stereocenters. The molecule has 4 nitrogen and oxygen atoms in total. The molecule has 1 aromatic carbocycles. The molecule has 0 amide bonds. The van der Waals surface area contributed by atoms with E-state index in [1.807, 2.05) is 0 Å². The third kappa shape index (κ3) is 2.50. The Labute approximate surface area is 87.3 Å². The number of halogens is 3. The van der Waals surface area contributed by atoms with Gasteiger partial charge in [-0.2, -0.15) is 8.78 Å². The predicted molar refractivity (Wildman–Crippen MR) is 45.4 cm³/mol. The summed E-state index contributed by atoms with van der Waals surface area (Å²) < 4.78 is 40.6. The van der Waals surface area contributed by atoms with Crippen LogP contribution in [0.4, 0.5) is 13.2 Å². The number of hydrogen-bond donors (Lipinski definition) is 1. The molecule has 0 aliphatic rings. The van der Waals surface area contributed by atoms with Crippen LogP contribution in [0.5, 0.6) is 5.75 Å². The van der Waals surface area contributed by atoms with Crippen LogP contribution >= 0.6 is 0 Å². The first kappa shape index (κ1) is 12.0. The maximum absolute atomic E-state index is 13.1. The van der Waals surface area contributed by atoms with Crippen molar-refractivity contribution < 1.29 is 32.6 Å². The normalized spacial score (nSPS) is 10.2. The first-order chi connectivity index (χ1) is 7.45. The van der Waals surface area contributed by atoms with E-state index in [0.717, 1.165) is 6.07 Å². The van der Waals surface area contributed by atoms with Gasteiger partial charge in [0.15, 0.2) is 6.29 Å². The zero-order chi connectivity index (χ0) is 12.3. The molecule has 0 bridgehead atoms. The summed E-state index contributed by atoms with van der Waals surface area (Å²) in [4.78, 5) is 21.0. The highest BCUT2D eigenvalue weighted by Crippen LogP contribution is 2.22. The molecule has 0 aliphatic carbocycles. The van der Waals surface area contributed by atoms with Crippen molar-refractivity contribution in [1.82, 2.24) is 0 Å². The molecule has 0 saturated heterocycles. The van der Waals surface area contributed by atoms with Gasteiger partial charge in [0.2, 0.25) is 0 Å². The fourth-order valence-electron chi connectivity index (χ4n) is 1.09. The first-order valence-electron chi connectivity index (χ1n) is 3.92. The zero-order valence-corrected chi connectivity index (χ0v) is 7.62. The van der Waals surface area contributed by atoms with E-state index >= 15 is 0 Å². The van der Waals surface area contributed by atoms with Gasteiger partial charge in [0, 0.05) is 11.6 Å². The first-order valence-corrected chi connectivity index (χ1v) is 3.92. The number of carboxylic acid groups (broad SMARTS) is 1. The monoisotopic (exact) mass is 234 g/mol. The lowest BCUT2D eigenvalue weighted by Gasteiger charge is -2.07. The average Bonchev–Trinajstić information content (AvgIpc) is 2.14. The van der Waals surface area contributed by atoms with Crippen molar-refractivity contribution in [2.45, 2.75) is 6.61 Å². The molecule has 1 rings (SSSR count). The Balaban J connectivity index is 3.26. The van der Waals surface area contributed by atoms with Crippen molar-refractivity contribution in [1.29, 1.82) is 0 Å². The van der Waals surface area contributed by atoms with E-state index in [2.05, 4.69) is 4.74 Å². The number of hydrogen-bond acceptors (Lipinski definition) is 3. The molecule has 7 heteroatoms. The Morgan fingerprint density at radius 3 is 2.50 bits per heavy atom. The van der Waals surface area contributed by atoms with Crippen molar-refractivity contribution in [3.63, 3.8) is 0 Å².